The van der Waals surface area contributed by atoms with E-state index in [-0.39, 0.29) is 0 Å². The molecule has 0 aliphatic rings. The Hall–Kier alpha value is -0.790. The normalized spacial score (nSPS) is 11.4. The molecule has 0 aromatic carbocycles. The van der Waals surface area contributed by atoms with Crippen molar-refractivity contribution in [1.82, 2.24) is 0 Å². The van der Waals surface area contributed by atoms with Crippen molar-refractivity contribution in [2.75, 3.05) is 0 Å². The number of carbonyl (C=O) groups is 1. The van der Waals surface area contributed by atoms with Gasteiger partial charge in [-0.1, -0.05) is 102 Å². The van der Waals surface area contributed by atoms with Crippen LogP contribution >= 0.6 is 0 Å². The summed E-state index contributed by atoms with van der Waals surface area (Å²) in [6.45, 7) is 2.10. The van der Waals surface area contributed by atoms with Crippen LogP contribution in [-0.2, 0) is 4.79 Å². The van der Waals surface area contributed by atoms with Gasteiger partial charge in [-0.05, 0) is 26.2 Å². The molecule has 0 saturated carbocycles. The Morgan fingerprint density at radius 3 is 1.29 bits per heavy atom. The smallest absolute Gasteiger partial charge is 0.303 e. The van der Waals surface area contributed by atoms with Crippen molar-refractivity contribution in [3.05, 3.63) is 12.2 Å². The molecule has 0 aromatic rings. The van der Waals surface area contributed by atoms with Crippen molar-refractivity contribution in [1.29, 1.82) is 0 Å². The van der Waals surface area contributed by atoms with Gasteiger partial charge in [0, 0.05) is 6.42 Å². The second-order valence-corrected chi connectivity index (χ2v) is 7.16. The maximum Gasteiger partial charge on any atom is 0.303 e. The van der Waals surface area contributed by atoms with Crippen LogP contribution in [0.5, 0.6) is 0 Å². The molecule has 0 aromatic heterocycles. The quantitative estimate of drug-likeness (QED) is 0.194. The Morgan fingerprint density at radius 1 is 0.625 bits per heavy atom. The van der Waals surface area contributed by atoms with Crippen molar-refractivity contribution < 1.29 is 9.90 Å². The monoisotopic (exact) mass is 338 g/mol. The lowest BCUT2D eigenvalue weighted by Gasteiger charge is -2.03. The molecular formula is C22H42O2. The van der Waals surface area contributed by atoms with Gasteiger partial charge in [0.15, 0.2) is 0 Å². The van der Waals surface area contributed by atoms with Crippen molar-refractivity contribution in [2.24, 2.45) is 0 Å². The molecule has 0 spiro atoms. The third-order valence-corrected chi connectivity index (χ3v) is 4.75. The minimum Gasteiger partial charge on any atom is -0.481 e. The molecule has 0 atom stereocenters. The highest BCUT2D eigenvalue weighted by atomic mass is 16.4. The second kappa shape index (κ2) is 20.3. The molecule has 1 N–H and O–H groups in total. The first-order valence-electron chi connectivity index (χ1n) is 10.6. The van der Waals surface area contributed by atoms with Gasteiger partial charge >= 0.3 is 5.97 Å². The molecule has 0 amide bonds. The fraction of sp³-hybridized carbons (Fsp3) is 0.864. The molecule has 0 saturated heterocycles. The topological polar surface area (TPSA) is 37.3 Å². The highest BCUT2D eigenvalue weighted by molar-refractivity contribution is 5.66. The number of aliphatic carboxylic acids is 1. The Balaban J connectivity index is 2.99. The van der Waals surface area contributed by atoms with Crippen LogP contribution in [0.4, 0.5) is 0 Å². The number of hydrogen-bond donors (Lipinski definition) is 1. The molecule has 2 heteroatoms. The van der Waals surface area contributed by atoms with E-state index in [1.165, 1.54) is 96.3 Å². The van der Waals surface area contributed by atoms with Gasteiger partial charge in [-0.3, -0.25) is 4.79 Å². The van der Waals surface area contributed by atoms with Crippen molar-refractivity contribution in [3.63, 3.8) is 0 Å². The van der Waals surface area contributed by atoms with E-state index in [1.54, 1.807) is 0 Å². The summed E-state index contributed by atoms with van der Waals surface area (Å²) in [5.74, 6) is -0.653. The standard InChI is InChI=1S/C22H42O2/c1-2-3-4-5-6-7-8-9-10-11-12-13-14-15-16-17-18-19-20-21-22(23)24/h2-3H,4-21H2,1H3,(H,23,24). The first kappa shape index (κ1) is 23.2. The second-order valence-electron chi connectivity index (χ2n) is 7.16. The third-order valence-electron chi connectivity index (χ3n) is 4.75. The number of carboxylic acids is 1. The molecule has 0 rings (SSSR count). The van der Waals surface area contributed by atoms with Crippen LogP contribution in [-0.4, -0.2) is 11.1 Å². The van der Waals surface area contributed by atoms with Gasteiger partial charge in [-0.15, -0.1) is 0 Å². The minimum absolute atomic E-state index is 0.343. The van der Waals surface area contributed by atoms with E-state index in [4.69, 9.17) is 5.11 Å². The lowest BCUT2D eigenvalue weighted by Crippen LogP contribution is -1.93. The van der Waals surface area contributed by atoms with E-state index in [2.05, 4.69) is 19.1 Å². The molecule has 0 heterocycles. The Morgan fingerprint density at radius 2 is 0.958 bits per heavy atom. The number of unbranched alkanes of at least 4 members (excludes halogenated alkanes) is 16. The van der Waals surface area contributed by atoms with Crippen LogP contribution in [0.3, 0.4) is 0 Å². The van der Waals surface area contributed by atoms with Gasteiger partial charge in [-0.25, -0.2) is 0 Å². The summed E-state index contributed by atoms with van der Waals surface area (Å²) in [7, 11) is 0. The van der Waals surface area contributed by atoms with E-state index in [9.17, 15) is 4.79 Å². The van der Waals surface area contributed by atoms with Crippen molar-refractivity contribution >= 4 is 5.97 Å². The van der Waals surface area contributed by atoms with Gasteiger partial charge in [0.2, 0.25) is 0 Å². The summed E-state index contributed by atoms with van der Waals surface area (Å²) in [5.41, 5.74) is 0. The molecular weight excluding hydrogens is 296 g/mol. The highest BCUT2D eigenvalue weighted by Crippen LogP contribution is 2.14. The Bertz CT molecular complexity index is 284. The summed E-state index contributed by atoms with van der Waals surface area (Å²) in [5, 5.41) is 8.55. The average Bonchev–Trinajstić information content (AvgIpc) is 2.56. The Labute approximate surface area is 151 Å². The number of hydrogen-bond acceptors (Lipinski definition) is 1. The van der Waals surface area contributed by atoms with E-state index in [1.807, 2.05) is 0 Å². The lowest BCUT2D eigenvalue weighted by atomic mass is 10.0. The summed E-state index contributed by atoms with van der Waals surface area (Å²) in [6.07, 6.45) is 27.3. The number of allylic oxidation sites excluding steroid dienone is 2. The van der Waals surface area contributed by atoms with Crippen molar-refractivity contribution in [2.45, 2.75) is 122 Å². The summed E-state index contributed by atoms with van der Waals surface area (Å²) >= 11 is 0. The van der Waals surface area contributed by atoms with E-state index in [0.717, 1.165) is 12.8 Å². The van der Waals surface area contributed by atoms with Crippen molar-refractivity contribution in [3.8, 4) is 0 Å². The van der Waals surface area contributed by atoms with Crippen LogP contribution in [0.2, 0.25) is 0 Å². The highest BCUT2D eigenvalue weighted by Gasteiger charge is 1.97. The van der Waals surface area contributed by atoms with Crippen LogP contribution in [0.15, 0.2) is 12.2 Å². The number of rotatable bonds is 19. The zero-order chi connectivity index (χ0) is 17.7. The van der Waals surface area contributed by atoms with Crippen LogP contribution in [0, 0.1) is 0 Å². The van der Waals surface area contributed by atoms with Gasteiger partial charge < -0.3 is 5.11 Å². The predicted octanol–water partition coefficient (Wildman–Crippen LogP) is 7.67. The first-order chi connectivity index (χ1) is 11.8. The molecule has 0 bridgehead atoms. The van der Waals surface area contributed by atoms with Crippen LogP contribution < -0.4 is 0 Å². The molecule has 0 aliphatic carbocycles. The maximum atomic E-state index is 10.4. The summed E-state index contributed by atoms with van der Waals surface area (Å²) < 4.78 is 0. The molecule has 0 aliphatic heterocycles. The SMILES string of the molecule is CC=CCCCCCCCCCCCCCCCCCCC(=O)O. The zero-order valence-electron chi connectivity index (χ0n) is 16.2. The zero-order valence-corrected chi connectivity index (χ0v) is 16.2. The third kappa shape index (κ3) is 21.2. The minimum atomic E-state index is -0.653. The summed E-state index contributed by atoms with van der Waals surface area (Å²) in [4.78, 5) is 10.4. The van der Waals surface area contributed by atoms with Gasteiger partial charge in [-0.2, -0.15) is 0 Å². The molecule has 24 heavy (non-hydrogen) atoms. The Kier molecular flexibility index (Phi) is 19.6. The van der Waals surface area contributed by atoms with Gasteiger partial charge in [0.25, 0.3) is 0 Å². The lowest BCUT2D eigenvalue weighted by molar-refractivity contribution is -0.137. The molecule has 0 fully saturated rings. The first-order valence-corrected chi connectivity index (χ1v) is 10.6. The van der Waals surface area contributed by atoms with Crippen LogP contribution in [0.1, 0.15) is 122 Å². The maximum absolute atomic E-state index is 10.4. The molecule has 0 radical (unpaired) electrons. The molecule has 142 valence electrons. The molecule has 2 nitrogen and oxygen atoms in total. The van der Waals surface area contributed by atoms with E-state index in [0.29, 0.717) is 6.42 Å². The van der Waals surface area contributed by atoms with E-state index < -0.39 is 5.97 Å². The molecule has 0 unspecified atom stereocenters. The summed E-state index contributed by atoms with van der Waals surface area (Å²) in [6, 6.07) is 0. The van der Waals surface area contributed by atoms with Gasteiger partial charge in [0.1, 0.15) is 0 Å². The fourth-order valence-corrected chi connectivity index (χ4v) is 3.18. The fourth-order valence-electron chi connectivity index (χ4n) is 3.18. The largest absolute Gasteiger partial charge is 0.481 e. The predicted molar refractivity (Wildman–Crippen MR) is 106 cm³/mol. The van der Waals surface area contributed by atoms with Crippen LogP contribution in [0.25, 0.3) is 0 Å². The van der Waals surface area contributed by atoms with E-state index >= 15 is 0 Å². The van der Waals surface area contributed by atoms with Gasteiger partial charge in [0.05, 0.1) is 0 Å². The average molecular weight is 339 g/mol. The number of carboxylic acid groups (broad SMARTS) is 1.